The molecule has 2 N–H and O–H groups in total. The van der Waals surface area contributed by atoms with E-state index in [0.717, 1.165) is 53.6 Å². The molecule has 1 unspecified atom stereocenters. The smallest absolute Gasteiger partial charge is 0.406 e. The zero-order chi connectivity index (χ0) is 32.0. The van der Waals surface area contributed by atoms with Crippen LogP contribution in [0.15, 0.2) is 78.0 Å². The van der Waals surface area contributed by atoms with Gasteiger partial charge in [-0.1, -0.05) is 61.2 Å². The number of benzene rings is 3. The third-order valence-electron chi connectivity index (χ3n) is 7.18. The van der Waals surface area contributed by atoms with Crippen molar-refractivity contribution in [2.24, 2.45) is 4.99 Å². The van der Waals surface area contributed by atoms with Gasteiger partial charge in [0.2, 0.25) is 12.3 Å². The molecule has 5 rings (SSSR count). The summed E-state index contributed by atoms with van der Waals surface area (Å²) in [6.07, 6.45) is -1.03. The van der Waals surface area contributed by atoms with Crippen LogP contribution < -0.4 is 15.0 Å². The normalized spacial score (nSPS) is 15.2. The predicted molar refractivity (Wildman–Crippen MR) is 168 cm³/mol. The molecule has 1 aliphatic rings. The lowest BCUT2D eigenvalue weighted by molar-refractivity contribution is -0.274. The highest BCUT2D eigenvalue weighted by Gasteiger charge is 2.33. The number of nitrogens with one attached hydrogen (secondary N) is 1. The molecule has 1 atom stereocenters. The van der Waals surface area contributed by atoms with Gasteiger partial charge in [-0.05, 0) is 80.1 Å². The van der Waals surface area contributed by atoms with Crippen LogP contribution in [-0.2, 0) is 17.6 Å². The van der Waals surface area contributed by atoms with Crippen molar-refractivity contribution >= 4 is 28.5 Å². The number of carbonyl (C=O) groups excluding carboxylic acids is 1. The molecule has 0 aliphatic carbocycles. The summed E-state index contributed by atoms with van der Waals surface area (Å²) >= 11 is 1.33. The second kappa shape index (κ2) is 14.3. The number of para-hydroxylation sites is 1. The van der Waals surface area contributed by atoms with Gasteiger partial charge in [0.15, 0.2) is 11.0 Å². The van der Waals surface area contributed by atoms with E-state index in [1.165, 1.54) is 47.0 Å². The van der Waals surface area contributed by atoms with Gasteiger partial charge in [-0.2, -0.15) is 0 Å². The van der Waals surface area contributed by atoms with Crippen LogP contribution in [0.3, 0.4) is 0 Å². The minimum atomic E-state index is -4.75. The molecule has 1 aromatic heterocycles. The van der Waals surface area contributed by atoms with Crippen LogP contribution in [0.25, 0.3) is 17.1 Å². The summed E-state index contributed by atoms with van der Waals surface area (Å²) in [5.41, 5.74) is 5.41. The summed E-state index contributed by atoms with van der Waals surface area (Å²) < 4.78 is 42.6. The maximum Gasteiger partial charge on any atom is 0.573 e. The molecule has 1 amide bonds. The van der Waals surface area contributed by atoms with Crippen LogP contribution in [0, 0.1) is 6.92 Å². The Balaban J connectivity index is 1.09. The Kier molecular flexibility index (Phi) is 10.2. The number of amides is 1. The summed E-state index contributed by atoms with van der Waals surface area (Å²) in [5, 5.41) is 18.5. The van der Waals surface area contributed by atoms with Crippen molar-refractivity contribution in [2.75, 3.05) is 17.2 Å². The number of unbranched alkanes of at least 4 members (excludes halogenated alkanes) is 1. The van der Waals surface area contributed by atoms with Crippen LogP contribution >= 0.6 is 11.8 Å². The molecule has 0 spiro atoms. The number of aromatic nitrogens is 3. The molecule has 0 saturated carbocycles. The van der Waals surface area contributed by atoms with Gasteiger partial charge >= 0.3 is 6.36 Å². The molecule has 3 aromatic carbocycles. The molecule has 2 heterocycles. The lowest BCUT2D eigenvalue weighted by atomic mass is 10.0. The van der Waals surface area contributed by atoms with Gasteiger partial charge in [-0.15, -0.1) is 18.3 Å². The first-order chi connectivity index (χ1) is 21.6. The van der Waals surface area contributed by atoms with Gasteiger partial charge in [0, 0.05) is 5.56 Å². The van der Waals surface area contributed by atoms with E-state index in [1.54, 1.807) is 4.90 Å². The average molecular weight is 639 g/mol. The van der Waals surface area contributed by atoms with Gasteiger partial charge in [0.25, 0.3) is 0 Å². The van der Waals surface area contributed by atoms with Crippen LogP contribution in [0.2, 0.25) is 0 Å². The molecule has 9 nitrogen and oxygen atoms in total. The van der Waals surface area contributed by atoms with Crippen molar-refractivity contribution in [3.63, 3.8) is 0 Å². The molecule has 45 heavy (non-hydrogen) atoms. The van der Waals surface area contributed by atoms with E-state index in [2.05, 4.69) is 25.1 Å². The number of hydrogen-bond acceptors (Lipinski definition) is 8. The fraction of sp³-hybridized carbons (Fsp3) is 0.312. The number of aliphatic hydroxyl groups excluding tert-OH is 1. The minimum Gasteiger partial charge on any atom is -0.406 e. The lowest BCUT2D eigenvalue weighted by Gasteiger charge is -2.22. The molecule has 1 aliphatic heterocycles. The number of ether oxygens (including phenoxy) is 1. The van der Waals surface area contributed by atoms with Crippen LogP contribution in [0.4, 0.5) is 18.9 Å². The molecular weight excluding hydrogens is 605 g/mol. The largest absolute Gasteiger partial charge is 0.573 e. The van der Waals surface area contributed by atoms with Crippen LogP contribution in [0.1, 0.15) is 36.5 Å². The molecule has 13 heteroatoms. The Morgan fingerprint density at radius 1 is 1.09 bits per heavy atom. The summed E-state index contributed by atoms with van der Waals surface area (Å²) in [7, 11) is 0. The van der Waals surface area contributed by atoms with E-state index >= 15 is 0 Å². The topological polar surface area (TPSA) is 105 Å². The van der Waals surface area contributed by atoms with Gasteiger partial charge in [0.05, 0.1) is 17.1 Å². The number of amidine groups is 1. The lowest BCUT2D eigenvalue weighted by Crippen LogP contribution is -2.34. The number of rotatable bonds is 12. The standard InChI is InChI=1S/C32H33F3N6O3S/c1-3-23-9-6-7-21(2)28(23)41-27(42)19-45-31(41)38-30(43)36-18-5-4-8-22-10-12-24(13-11-22)29-37-20-40(39-29)25-14-16-26(17-15-25)44-32(33,34)35/h6-7,9-17,20,30,36,43H,3-5,8,18-19H2,1-2H3. The second-order valence-corrected chi connectivity index (χ2v) is 11.3. The third-order valence-corrected chi connectivity index (χ3v) is 8.12. The van der Waals surface area contributed by atoms with E-state index in [4.69, 9.17) is 0 Å². The summed E-state index contributed by atoms with van der Waals surface area (Å²) in [6, 6.07) is 19.2. The number of aliphatic hydroxyl groups is 1. The molecule has 0 radical (unpaired) electrons. The van der Waals surface area contributed by atoms with Crippen molar-refractivity contribution < 1.29 is 27.8 Å². The Bertz CT molecular complexity index is 1640. The number of thioether (sulfide) groups is 1. The maximum atomic E-state index is 12.7. The molecule has 236 valence electrons. The maximum absolute atomic E-state index is 12.7. The quantitative estimate of drug-likeness (QED) is 0.144. The highest BCUT2D eigenvalue weighted by molar-refractivity contribution is 8.15. The average Bonchev–Trinajstić information content (AvgIpc) is 3.64. The Hall–Kier alpha value is -4.20. The molecule has 1 fully saturated rings. The van der Waals surface area contributed by atoms with Gasteiger partial charge in [0.1, 0.15) is 12.1 Å². The summed E-state index contributed by atoms with van der Waals surface area (Å²) in [6.45, 7) is 4.58. The minimum absolute atomic E-state index is 0.0433. The number of aliphatic imine (C=N–C) groups is 1. The van der Waals surface area contributed by atoms with E-state index < -0.39 is 12.7 Å². The van der Waals surface area contributed by atoms with Crippen LogP contribution in [0.5, 0.6) is 5.75 Å². The van der Waals surface area contributed by atoms with E-state index in [1.807, 2.05) is 56.3 Å². The second-order valence-electron chi connectivity index (χ2n) is 10.4. The van der Waals surface area contributed by atoms with E-state index in [0.29, 0.717) is 23.2 Å². The first-order valence-corrected chi connectivity index (χ1v) is 15.5. The Morgan fingerprint density at radius 2 is 1.84 bits per heavy atom. The van der Waals surface area contributed by atoms with Crippen molar-refractivity contribution in [1.82, 2.24) is 20.1 Å². The molecule has 1 saturated heterocycles. The monoisotopic (exact) mass is 638 g/mol. The Morgan fingerprint density at radius 3 is 2.56 bits per heavy atom. The number of carbonyl (C=O) groups is 1. The fourth-order valence-electron chi connectivity index (χ4n) is 4.98. The van der Waals surface area contributed by atoms with Crippen molar-refractivity contribution in [1.29, 1.82) is 0 Å². The number of hydrogen-bond donors (Lipinski definition) is 2. The SMILES string of the molecule is CCc1cccc(C)c1N1C(=O)CSC1=NC(O)NCCCCc1ccc(-c2ncn(-c3ccc(OC(F)(F)F)cc3)n2)cc1. The first kappa shape index (κ1) is 32.2. The van der Waals surface area contributed by atoms with Crippen molar-refractivity contribution in [3.8, 4) is 22.8 Å². The van der Waals surface area contributed by atoms with Gasteiger partial charge in [-0.25, -0.2) is 14.7 Å². The summed E-state index contributed by atoms with van der Waals surface area (Å²) in [5.74, 6) is 0.432. The highest BCUT2D eigenvalue weighted by atomic mass is 32.2. The molecule has 4 aromatic rings. The number of alkyl halides is 3. The highest BCUT2D eigenvalue weighted by Crippen LogP contribution is 2.33. The Labute approximate surface area is 263 Å². The third kappa shape index (κ3) is 8.29. The van der Waals surface area contributed by atoms with E-state index in [9.17, 15) is 23.1 Å². The van der Waals surface area contributed by atoms with Gasteiger partial charge < -0.3 is 9.84 Å². The molecular formula is C32H33F3N6O3S. The number of halogens is 3. The molecule has 0 bridgehead atoms. The van der Waals surface area contributed by atoms with Crippen molar-refractivity contribution in [3.05, 3.63) is 89.7 Å². The summed E-state index contributed by atoms with van der Waals surface area (Å²) in [4.78, 5) is 23.1. The predicted octanol–water partition coefficient (Wildman–Crippen LogP) is 6.03. The van der Waals surface area contributed by atoms with Crippen LogP contribution in [-0.4, -0.2) is 56.0 Å². The first-order valence-electron chi connectivity index (χ1n) is 14.5. The number of anilines is 1. The number of nitrogens with zero attached hydrogens (tertiary/aromatic N) is 5. The number of aryl methyl sites for hydroxylation is 3. The van der Waals surface area contributed by atoms with Crippen molar-refractivity contribution in [2.45, 2.75) is 52.2 Å². The fourth-order valence-corrected chi connectivity index (χ4v) is 5.86. The zero-order valence-electron chi connectivity index (χ0n) is 24.8. The van der Waals surface area contributed by atoms with Gasteiger partial charge in [-0.3, -0.25) is 15.0 Å². The van der Waals surface area contributed by atoms with E-state index in [-0.39, 0.29) is 17.4 Å². The zero-order valence-corrected chi connectivity index (χ0v) is 25.6.